The molecule has 35 heavy (non-hydrogen) atoms. The van der Waals surface area contributed by atoms with Gasteiger partial charge in [0.25, 0.3) is 5.91 Å². The van der Waals surface area contributed by atoms with Crippen LogP contribution < -0.4 is 0 Å². The number of hydrogen-bond acceptors (Lipinski definition) is 4. The van der Waals surface area contributed by atoms with Gasteiger partial charge < -0.3 is 4.90 Å². The number of piperidine rings is 1. The number of nitrogens with zero attached hydrogens (tertiary/aromatic N) is 4. The Kier molecular flexibility index (Phi) is 5.23. The quantitative estimate of drug-likeness (QED) is 0.496. The van der Waals surface area contributed by atoms with Crippen LogP contribution in [0.15, 0.2) is 46.4 Å². The number of para-hydroxylation sites is 1. The number of aliphatic imine (C=N–C) groups is 1. The predicted molar refractivity (Wildman–Crippen MR) is 141 cm³/mol. The van der Waals surface area contributed by atoms with Crippen LogP contribution in [0, 0.1) is 23.7 Å². The van der Waals surface area contributed by atoms with Gasteiger partial charge in [-0.05, 0) is 105 Å². The van der Waals surface area contributed by atoms with Gasteiger partial charge in [-0.1, -0.05) is 25.1 Å². The van der Waals surface area contributed by atoms with E-state index in [9.17, 15) is 4.79 Å². The summed E-state index contributed by atoms with van der Waals surface area (Å²) in [6.45, 7) is 4.31. The molecule has 5 fully saturated rings. The molecule has 1 aromatic heterocycles. The van der Waals surface area contributed by atoms with Crippen LogP contribution in [-0.4, -0.2) is 38.8 Å². The zero-order chi connectivity index (χ0) is 23.6. The molecule has 1 amide bonds. The van der Waals surface area contributed by atoms with Crippen molar-refractivity contribution in [2.24, 2.45) is 28.7 Å². The van der Waals surface area contributed by atoms with Gasteiger partial charge >= 0.3 is 0 Å². The second kappa shape index (κ2) is 8.36. The molecule has 5 nitrogen and oxygen atoms in total. The summed E-state index contributed by atoms with van der Waals surface area (Å²) >= 11 is 1.56. The van der Waals surface area contributed by atoms with E-state index in [-0.39, 0.29) is 11.3 Å². The molecule has 2 aliphatic heterocycles. The Morgan fingerprint density at radius 2 is 1.66 bits per heavy atom. The van der Waals surface area contributed by atoms with Crippen molar-refractivity contribution in [2.45, 2.75) is 63.7 Å². The summed E-state index contributed by atoms with van der Waals surface area (Å²) < 4.78 is 2.04. The van der Waals surface area contributed by atoms with Gasteiger partial charge in [0.05, 0.1) is 16.3 Å². The van der Waals surface area contributed by atoms with Crippen molar-refractivity contribution in [1.29, 1.82) is 0 Å². The van der Waals surface area contributed by atoms with E-state index in [4.69, 9.17) is 5.10 Å². The first-order valence-corrected chi connectivity index (χ1v) is 14.3. The lowest BCUT2D eigenvalue weighted by Gasteiger charge is -2.56. The molecule has 2 aromatic rings. The molecule has 182 valence electrons. The van der Waals surface area contributed by atoms with Crippen molar-refractivity contribution in [3.63, 3.8) is 0 Å². The van der Waals surface area contributed by atoms with Gasteiger partial charge in [0, 0.05) is 30.3 Å². The second-order valence-electron chi connectivity index (χ2n) is 11.9. The van der Waals surface area contributed by atoms with E-state index in [2.05, 4.69) is 53.4 Å². The number of carbonyl (C=O) groups excluding carboxylic acids is 1. The molecule has 1 aromatic carbocycles. The monoisotopic (exact) mass is 486 g/mol. The normalized spacial score (nSPS) is 33.7. The number of likely N-dealkylation sites (tertiary alicyclic amines) is 1. The van der Waals surface area contributed by atoms with Gasteiger partial charge in [-0.15, -0.1) is 0 Å². The molecule has 0 unspecified atom stereocenters. The number of hydrogen-bond donors (Lipinski definition) is 0. The molecular formula is C29H34N4OS. The maximum atomic E-state index is 13.0. The molecule has 0 spiro atoms. The molecule has 0 N–H and O–H groups in total. The van der Waals surface area contributed by atoms with Crippen LogP contribution in [-0.2, 0) is 10.2 Å². The number of carbonyl (C=O) groups is 1. The van der Waals surface area contributed by atoms with Crippen molar-refractivity contribution in [3.05, 3.63) is 52.7 Å². The van der Waals surface area contributed by atoms with Crippen LogP contribution in [0.5, 0.6) is 0 Å². The van der Waals surface area contributed by atoms with E-state index in [0.717, 1.165) is 58.1 Å². The van der Waals surface area contributed by atoms with E-state index in [0.29, 0.717) is 0 Å². The summed E-state index contributed by atoms with van der Waals surface area (Å²) in [6, 6.07) is 10.4. The summed E-state index contributed by atoms with van der Waals surface area (Å²) in [4.78, 5) is 20.5. The minimum Gasteiger partial charge on any atom is -0.351 e. The lowest BCUT2D eigenvalue weighted by molar-refractivity contribution is -0.113. The number of benzene rings is 1. The Morgan fingerprint density at radius 1 is 1.00 bits per heavy atom. The fourth-order valence-corrected chi connectivity index (χ4v) is 8.85. The lowest BCUT2D eigenvalue weighted by atomic mass is 9.48. The third-order valence-corrected chi connectivity index (χ3v) is 10.3. The fraction of sp³-hybridized carbons (Fsp3) is 0.552. The van der Waals surface area contributed by atoms with Gasteiger partial charge in [-0.25, -0.2) is 4.68 Å². The summed E-state index contributed by atoms with van der Waals surface area (Å²) in [7, 11) is 0. The standard InChI is InChI=1S/C29H34N4OS/c1-19-7-9-32(10-8-19)28-30-27(34)25(35-28)14-23-18-33(24-5-3-2-4-6-24)31-26(23)29-15-20-11-21(16-29)13-22(12-20)17-29/h2-6,14,18-22H,7-13,15-17H2,1H3. The summed E-state index contributed by atoms with van der Waals surface area (Å²) in [5.74, 6) is 3.22. The van der Waals surface area contributed by atoms with Crippen LogP contribution in [0.4, 0.5) is 0 Å². The molecule has 6 aliphatic rings. The van der Waals surface area contributed by atoms with E-state index < -0.39 is 0 Å². The molecule has 4 aliphatic carbocycles. The highest BCUT2D eigenvalue weighted by atomic mass is 32.2. The number of thioether (sulfide) groups is 1. The zero-order valence-electron chi connectivity index (χ0n) is 20.5. The fourth-order valence-electron chi connectivity index (χ4n) is 7.89. The molecule has 6 heteroatoms. The highest BCUT2D eigenvalue weighted by Crippen LogP contribution is 2.61. The van der Waals surface area contributed by atoms with Crippen molar-refractivity contribution < 1.29 is 4.79 Å². The molecule has 4 saturated carbocycles. The average molecular weight is 487 g/mol. The highest BCUT2D eigenvalue weighted by Gasteiger charge is 2.53. The summed E-state index contributed by atoms with van der Waals surface area (Å²) in [6.07, 6.45) is 14.6. The van der Waals surface area contributed by atoms with Gasteiger partial charge in [-0.2, -0.15) is 10.1 Å². The van der Waals surface area contributed by atoms with Gasteiger partial charge in [-0.3, -0.25) is 4.79 Å². The van der Waals surface area contributed by atoms with Gasteiger partial charge in [0.2, 0.25) is 0 Å². The average Bonchev–Trinajstić information content (AvgIpc) is 3.44. The second-order valence-corrected chi connectivity index (χ2v) is 12.9. The summed E-state index contributed by atoms with van der Waals surface area (Å²) in [5, 5.41) is 6.15. The maximum Gasteiger partial charge on any atom is 0.286 e. The molecule has 0 atom stereocenters. The van der Waals surface area contributed by atoms with Crippen LogP contribution in [0.1, 0.15) is 69.5 Å². The topological polar surface area (TPSA) is 50.5 Å². The Labute approximate surface area is 212 Å². The maximum absolute atomic E-state index is 13.0. The number of aromatic nitrogens is 2. The largest absolute Gasteiger partial charge is 0.351 e. The van der Waals surface area contributed by atoms with Crippen LogP contribution in [0.3, 0.4) is 0 Å². The number of rotatable bonds is 3. The summed E-state index contributed by atoms with van der Waals surface area (Å²) in [5.41, 5.74) is 3.59. The molecule has 0 radical (unpaired) electrons. The van der Waals surface area contributed by atoms with Crippen molar-refractivity contribution in [2.75, 3.05) is 13.1 Å². The first kappa shape index (κ1) is 21.9. The van der Waals surface area contributed by atoms with Crippen LogP contribution in [0.25, 0.3) is 11.8 Å². The minimum absolute atomic E-state index is 0.0902. The third kappa shape index (κ3) is 3.89. The highest BCUT2D eigenvalue weighted by molar-refractivity contribution is 8.18. The minimum atomic E-state index is -0.0902. The zero-order valence-corrected chi connectivity index (χ0v) is 21.3. The first-order chi connectivity index (χ1) is 17.0. The van der Waals surface area contributed by atoms with Gasteiger partial charge in [0.15, 0.2) is 5.17 Å². The Morgan fingerprint density at radius 3 is 2.31 bits per heavy atom. The SMILES string of the molecule is CC1CCN(C2=NC(=O)C(=Cc3cn(-c4ccccc4)nc3C34CC5CC(CC(C5)C3)C4)S2)CC1. The van der Waals surface area contributed by atoms with Crippen LogP contribution in [0.2, 0.25) is 0 Å². The Bertz CT molecular complexity index is 1170. The third-order valence-electron chi connectivity index (χ3n) is 9.25. The van der Waals surface area contributed by atoms with Crippen molar-refractivity contribution in [3.8, 4) is 5.69 Å². The predicted octanol–water partition coefficient (Wildman–Crippen LogP) is 6.04. The van der Waals surface area contributed by atoms with Crippen LogP contribution >= 0.6 is 11.8 Å². The molecule has 1 saturated heterocycles. The Hall–Kier alpha value is -2.34. The van der Waals surface area contributed by atoms with E-state index in [1.54, 1.807) is 11.8 Å². The van der Waals surface area contributed by atoms with Crippen molar-refractivity contribution >= 4 is 28.9 Å². The van der Waals surface area contributed by atoms with E-state index >= 15 is 0 Å². The lowest BCUT2D eigenvalue weighted by Crippen LogP contribution is -2.49. The number of amidine groups is 1. The Balaban J connectivity index is 1.25. The molecule has 4 bridgehead atoms. The smallest absolute Gasteiger partial charge is 0.286 e. The van der Waals surface area contributed by atoms with E-state index in [1.165, 1.54) is 57.1 Å². The number of amides is 1. The van der Waals surface area contributed by atoms with Crippen molar-refractivity contribution in [1.82, 2.24) is 14.7 Å². The molecule has 8 rings (SSSR count). The first-order valence-electron chi connectivity index (χ1n) is 13.5. The molecule has 3 heterocycles. The van der Waals surface area contributed by atoms with Gasteiger partial charge in [0.1, 0.15) is 0 Å². The molecular weight excluding hydrogens is 452 g/mol. The van der Waals surface area contributed by atoms with E-state index in [1.807, 2.05) is 10.7 Å².